The minimum absolute atomic E-state index is 0.0448. The van der Waals surface area contributed by atoms with Gasteiger partial charge < -0.3 is 9.47 Å². The van der Waals surface area contributed by atoms with Gasteiger partial charge in [-0.25, -0.2) is 0 Å². The molecule has 1 aliphatic rings. The Labute approximate surface area is 154 Å². The quantitative estimate of drug-likeness (QED) is 0.651. The van der Waals surface area contributed by atoms with Crippen LogP contribution in [0.4, 0.5) is 0 Å². The monoisotopic (exact) mass is 344 g/mol. The van der Waals surface area contributed by atoms with Gasteiger partial charge in [0.05, 0.1) is 11.7 Å². The molecule has 3 aromatic rings. The highest BCUT2D eigenvalue weighted by atomic mass is 16.2. The smallest absolute Gasteiger partial charge is 0.226 e. The van der Waals surface area contributed by atoms with Crippen molar-refractivity contribution in [3.05, 3.63) is 89.2 Å². The van der Waals surface area contributed by atoms with Crippen LogP contribution in [0.15, 0.2) is 66.9 Å². The summed E-state index contributed by atoms with van der Waals surface area (Å²) >= 11 is 0. The van der Waals surface area contributed by atoms with Gasteiger partial charge in [-0.3, -0.25) is 4.79 Å². The summed E-state index contributed by atoms with van der Waals surface area (Å²) in [5.41, 5.74) is 5.84. The number of aromatic nitrogens is 1. The summed E-state index contributed by atoms with van der Waals surface area (Å²) < 4.78 is 2.23. The van der Waals surface area contributed by atoms with Crippen LogP contribution in [0.1, 0.15) is 42.3 Å². The number of carbonyl (C=O) groups excluding carboxylic acids is 1. The molecular formula is C23H24N2O. The van der Waals surface area contributed by atoms with Gasteiger partial charge in [-0.2, -0.15) is 0 Å². The van der Waals surface area contributed by atoms with Crippen molar-refractivity contribution in [1.29, 1.82) is 0 Å². The molecule has 1 amide bonds. The molecule has 3 heteroatoms. The maximum Gasteiger partial charge on any atom is 0.226 e. The molecule has 0 bridgehead atoms. The Kier molecular flexibility index (Phi) is 4.15. The van der Waals surface area contributed by atoms with Crippen molar-refractivity contribution in [1.82, 2.24) is 9.47 Å². The highest BCUT2D eigenvalue weighted by Crippen LogP contribution is 2.37. The fourth-order valence-electron chi connectivity index (χ4n) is 3.79. The Morgan fingerprint density at radius 3 is 2.46 bits per heavy atom. The molecule has 0 spiro atoms. The van der Waals surface area contributed by atoms with Gasteiger partial charge in [0, 0.05) is 24.4 Å². The van der Waals surface area contributed by atoms with Crippen LogP contribution in [0.2, 0.25) is 0 Å². The fourth-order valence-corrected chi connectivity index (χ4v) is 3.79. The van der Waals surface area contributed by atoms with Gasteiger partial charge in [0.1, 0.15) is 0 Å². The Hall–Kier alpha value is -2.81. The maximum atomic E-state index is 13.2. The first-order valence-corrected chi connectivity index (χ1v) is 9.19. The first-order chi connectivity index (χ1) is 12.6. The molecule has 1 aliphatic heterocycles. The minimum atomic E-state index is -0.0899. The number of aryl methyl sites for hydroxylation is 1. The van der Waals surface area contributed by atoms with Crippen LogP contribution < -0.4 is 0 Å². The second-order valence-electron chi connectivity index (χ2n) is 7.37. The third-order valence-electron chi connectivity index (χ3n) is 5.13. The van der Waals surface area contributed by atoms with E-state index in [2.05, 4.69) is 72.3 Å². The van der Waals surface area contributed by atoms with E-state index < -0.39 is 0 Å². The number of hydrogen-bond donors (Lipinski definition) is 0. The molecule has 1 atom stereocenters. The van der Waals surface area contributed by atoms with Crippen molar-refractivity contribution in [2.24, 2.45) is 5.92 Å². The molecular weight excluding hydrogens is 320 g/mol. The summed E-state index contributed by atoms with van der Waals surface area (Å²) in [6.07, 6.45) is 2.10. The molecule has 132 valence electrons. The molecule has 0 radical (unpaired) electrons. The van der Waals surface area contributed by atoms with Crippen LogP contribution in [-0.4, -0.2) is 15.4 Å². The average molecular weight is 344 g/mol. The lowest BCUT2D eigenvalue weighted by molar-refractivity contribution is -0.136. The van der Waals surface area contributed by atoms with Gasteiger partial charge in [-0.1, -0.05) is 61.9 Å². The van der Waals surface area contributed by atoms with Crippen molar-refractivity contribution in [2.45, 2.75) is 33.4 Å². The molecule has 26 heavy (non-hydrogen) atoms. The van der Waals surface area contributed by atoms with Gasteiger partial charge in [0.15, 0.2) is 0 Å². The molecule has 0 saturated heterocycles. The Balaban J connectivity index is 1.94. The summed E-state index contributed by atoms with van der Waals surface area (Å²) in [6, 6.07) is 21.0. The van der Waals surface area contributed by atoms with Crippen LogP contribution in [0.25, 0.3) is 5.69 Å². The van der Waals surface area contributed by atoms with Crippen molar-refractivity contribution >= 4 is 5.91 Å². The van der Waals surface area contributed by atoms with Crippen molar-refractivity contribution in [3.63, 3.8) is 0 Å². The zero-order valence-corrected chi connectivity index (χ0v) is 15.5. The highest BCUT2D eigenvalue weighted by molar-refractivity contribution is 5.79. The Bertz CT molecular complexity index is 937. The van der Waals surface area contributed by atoms with Gasteiger partial charge in [0.25, 0.3) is 0 Å². The molecule has 0 N–H and O–H groups in total. The first kappa shape index (κ1) is 16.6. The third-order valence-corrected chi connectivity index (χ3v) is 5.13. The molecule has 4 rings (SSSR count). The predicted octanol–water partition coefficient (Wildman–Crippen LogP) is 4.87. The highest BCUT2D eigenvalue weighted by Gasteiger charge is 2.33. The van der Waals surface area contributed by atoms with E-state index in [1.54, 1.807) is 0 Å². The van der Waals surface area contributed by atoms with Gasteiger partial charge in [-0.05, 0) is 36.2 Å². The fraction of sp³-hybridized carbons (Fsp3) is 0.261. The van der Waals surface area contributed by atoms with E-state index in [4.69, 9.17) is 0 Å². The van der Waals surface area contributed by atoms with Crippen LogP contribution in [0, 0.1) is 12.8 Å². The summed E-state index contributed by atoms with van der Waals surface area (Å²) in [7, 11) is 0. The SMILES string of the molecule is Cc1ccc(C2c3cccn3-c3ccccc3CN2C(=O)C(C)C)cc1. The lowest BCUT2D eigenvalue weighted by Gasteiger charge is -2.32. The molecule has 2 aromatic carbocycles. The van der Waals surface area contributed by atoms with Crippen LogP contribution in [0.5, 0.6) is 0 Å². The second kappa shape index (κ2) is 6.49. The first-order valence-electron chi connectivity index (χ1n) is 9.19. The number of hydrogen-bond acceptors (Lipinski definition) is 1. The maximum absolute atomic E-state index is 13.2. The number of amides is 1. The van der Waals surface area contributed by atoms with E-state index in [1.165, 1.54) is 11.1 Å². The van der Waals surface area contributed by atoms with Gasteiger partial charge in [0.2, 0.25) is 5.91 Å². The molecule has 0 saturated carbocycles. The number of benzene rings is 2. The number of carbonyl (C=O) groups is 1. The molecule has 2 heterocycles. The lowest BCUT2D eigenvalue weighted by Crippen LogP contribution is -2.37. The second-order valence-corrected chi connectivity index (χ2v) is 7.37. The average Bonchev–Trinajstić information content (AvgIpc) is 3.06. The van der Waals surface area contributed by atoms with Gasteiger partial charge >= 0.3 is 0 Å². The molecule has 3 nitrogen and oxygen atoms in total. The molecule has 1 unspecified atom stereocenters. The Morgan fingerprint density at radius 1 is 1.00 bits per heavy atom. The van der Waals surface area contributed by atoms with Crippen molar-refractivity contribution in [3.8, 4) is 5.69 Å². The van der Waals surface area contributed by atoms with Gasteiger partial charge in [-0.15, -0.1) is 0 Å². The van der Waals surface area contributed by atoms with E-state index in [0.717, 1.165) is 16.9 Å². The van der Waals surface area contributed by atoms with E-state index in [-0.39, 0.29) is 17.9 Å². The summed E-state index contributed by atoms with van der Waals surface area (Å²) in [6.45, 7) is 6.66. The standard InChI is InChI=1S/C23H24N2O/c1-16(2)23(26)25-15-19-7-4-5-8-20(19)24-14-6-9-21(24)22(25)18-12-10-17(3)11-13-18/h4-14,16,22H,15H2,1-3H3. The molecule has 0 aliphatic carbocycles. The zero-order chi connectivity index (χ0) is 18.3. The van der Waals surface area contributed by atoms with Crippen LogP contribution in [-0.2, 0) is 11.3 Å². The van der Waals surface area contributed by atoms with E-state index in [0.29, 0.717) is 6.54 Å². The summed E-state index contributed by atoms with van der Waals surface area (Å²) in [5.74, 6) is 0.136. The third kappa shape index (κ3) is 2.74. The summed E-state index contributed by atoms with van der Waals surface area (Å²) in [4.78, 5) is 15.2. The lowest BCUT2D eigenvalue weighted by atomic mass is 9.99. The number of para-hydroxylation sites is 1. The van der Waals surface area contributed by atoms with E-state index in [9.17, 15) is 4.79 Å². The largest absolute Gasteiger partial charge is 0.325 e. The number of rotatable bonds is 2. The minimum Gasteiger partial charge on any atom is -0.325 e. The van der Waals surface area contributed by atoms with Crippen LogP contribution in [0.3, 0.4) is 0 Å². The number of nitrogens with zero attached hydrogens (tertiary/aromatic N) is 2. The molecule has 0 fully saturated rings. The topological polar surface area (TPSA) is 25.2 Å². The van der Waals surface area contributed by atoms with Crippen molar-refractivity contribution in [2.75, 3.05) is 0 Å². The van der Waals surface area contributed by atoms with E-state index in [1.807, 2.05) is 24.8 Å². The Morgan fingerprint density at radius 2 is 1.73 bits per heavy atom. The van der Waals surface area contributed by atoms with E-state index >= 15 is 0 Å². The van der Waals surface area contributed by atoms with Crippen molar-refractivity contribution < 1.29 is 4.79 Å². The molecule has 1 aromatic heterocycles. The van der Waals surface area contributed by atoms with Crippen LogP contribution >= 0.6 is 0 Å². The normalized spacial score (nSPS) is 16.2. The zero-order valence-electron chi connectivity index (χ0n) is 15.5. The predicted molar refractivity (Wildman–Crippen MR) is 104 cm³/mol. The summed E-state index contributed by atoms with van der Waals surface area (Å²) in [5, 5.41) is 0. The number of fused-ring (bicyclic) bond motifs is 3.